The van der Waals surface area contributed by atoms with Crippen LogP contribution in [0.25, 0.3) is 23.2 Å². The third-order valence-corrected chi connectivity index (χ3v) is 6.09. The Morgan fingerprint density at radius 2 is 1.94 bits per heavy atom. The molecule has 32 heavy (non-hydrogen) atoms. The number of benzene rings is 2. The van der Waals surface area contributed by atoms with Gasteiger partial charge in [0.15, 0.2) is 17.3 Å². The monoisotopic (exact) mass is 531 g/mol. The van der Waals surface area contributed by atoms with Crippen molar-refractivity contribution < 1.29 is 14.3 Å². The maximum atomic E-state index is 12.8. The quantitative estimate of drug-likeness (QED) is 0.283. The first-order valence-corrected chi connectivity index (χ1v) is 11.2. The molecule has 4 aromatic rings. The SMILES string of the molecule is COc1cc(/C=c2/sc3nc(/C=C/c4ccc(Cl)cc4)nn3c2=O)cc(Br)c1OC(C)=O. The highest BCUT2D eigenvalue weighted by Crippen LogP contribution is 2.37. The molecule has 0 amide bonds. The molecule has 2 aromatic heterocycles. The molecule has 0 radical (unpaired) electrons. The van der Waals surface area contributed by atoms with Gasteiger partial charge in [-0.25, -0.2) is 0 Å². The molecule has 0 fully saturated rings. The molecule has 7 nitrogen and oxygen atoms in total. The second kappa shape index (κ2) is 9.23. The predicted molar refractivity (Wildman–Crippen MR) is 128 cm³/mol. The number of ether oxygens (including phenoxy) is 2. The van der Waals surface area contributed by atoms with Crippen LogP contribution in [0.3, 0.4) is 0 Å². The molecule has 0 N–H and O–H groups in total. The van der Waals surface area contributed by atoms with E-state index in [1.54, 1.807) is 36.4 Å². The molecule has 0 bridgehead atoms. The highest BCUT2D eigenvalue weighted by Gasteiger charge is 2.14. The maximum Gasteiger partial charge on any atom is 0.308 e. The summed E-state index contributed by atoms with van der Waals surface area (Å²) in [7, 11) is 1.47. The van der Waals surface area contributed by atoms with E-state index in [4.69, 9.17) is 21.1 Å². The maximum absolute atomic E-state index is 12.8. The lowest BCUT2D eigenvalue weighted by molar-refractivity contribution is -0.132. The Morgan fingerprint density at radius 3 is 2.59 bits per heavy atom. The average Bonchev–Trinajstić information content (AvgIpc) is 3.28. The Morgan fingerprint density at radius 1 is 1.19 bits per heavy atom. The zero-order chi connectivity index (χ0) is 22.8. The van der Waals surface area contributed by atoms with Gasteiger partial charge in [-0.15, -0.1) is 5.10 Å². The third-order valence-electron chi connectivity index (χ3n) is 4.29. The van der Waals surface area contributed by atoms with Crippen LogP contribution >= 0.6 is 38.9 Å². The first-order valence-electron chi connectivity index (χ1n) is 9.25. The van der Waals surface area contributed by atoms with E-state index in [1.165, 1.54) is 29.9 Å². The second-order valence-electron chi connectivity index (χ2n) is 6.59. The molecular formula is C22H15BrClN3O4S. The number of hydrogen-bond donors (Lipinski definition) is 0. The third kappa shape index (κ3) is 4.74. The molecule has 10 heteroatoms. The van der Waals surface area contributed by atoms with E-state index in [1.807, 2.05) is 18.2 Å². The molecule has 2 aromatic carbocycles. The van der Waals surface area contributed by atoms with Crippen LogP contribution in [0.15, 0.2) is 45.7 Å². The molecule has 0 spiro atoms. The van der Waals surface area contributed by atoms with E-state index in [2.05, 4.69) is 26.0 Å². The Bertz CT molecular complexity index is 1460. The Hall–Kier alpha value is -3.01. The molecule has 2 heterocycles. The van der Waals surface area contributed by atoms with Gasteiger partial charge in [-0.1, -0.05) is 41.1 Å². The number of hydrogen-bond acceptors (Lipinski definition) is 7. The van der Waals surface area contributed by atoms with E-state index in [9.17, 15) is 9.59 Å². The van der Waals surface area contributed by atoms with Gasteiger partial charge >= 0.3 is 5.97 Å². The summed E-state index contributed by atoms with van der Waals surface area (Å²) in [6.07, 6.45) is 5.29. The van der Waals surface area contributed by atoms with Crippen molar-refractivity contribution in [3.05, 3.63) is 77.7 Å². The van der Waals surface area contributed by atoms with Gasteiger partial charge in [0, 0.05) is 11.9 Å². The summed E-state index contributed by atoms with van der Waals surface area (Å²) in [4.78, 5) is 29.0. The first-order chi connectivity index (χ1) is 15.3. The normalized spacial score (nSPS) is 12.1. The van der Waals surface area contributed by atoms with Crippen molar-refractivity contribution in [2.24, 2.45) is 0 Å². The number of carbonyl (C=O) groups excluding carboxylic acids is 1. The van der Waals surface area contributed by atoms with Crippen LogP contribution in [0.4, 0.5) is 0 Å². The molecule has 0 saturated heterocycles. The van der Waals surface area contributed by atoms with E-state index < -0.39 is 5.97 Å². The standard InChI is InChI=1S/C22H15BrClN3O4S/c1-12(28)31-20-16(23)9-14(10-17(20)30-2)11-18-21(29)27-22(32-18)25-19(26-27)8-5-13-3-6-15(24)7-4-13/h3-11H,1-2H3/b8-5+,18-11+. The van der Waals surface area contributed by atoms with Crippen molar-refractivity contribution >= 4 is 68.0 Å². The van der Waals surface area contributed by atoms with E-state index in [0.717, 1.165) is 5.56 Å². The van der Waals surface area contributed by atoms with Crippen molar-refractivity contribution in [1.82, 2.24) is 14.6 Å². The summed E-state index contributed by atoms with van der Waals surface area (Å²) in [6.45, 7) is 1.31. The van der Waals surface area contributed by atoms with Crippen LogP contribution < -0.4 is 19.6 Å². The van der Waals surface area contributed by atoms with Gasteiger partial charge in [-0.3, -0.25) is 9.59 Å². The number of nitrogens with zero attached hydrogens (tertiary/aromatic N) is 3. The highest BCUT2D eigenvalue weighted by atomic mass is 79.9. The summed E-state index contributed by atoms with van der Waals surface area (Å²) in [5.74, 6) is 0.612. The highest BCUT2D eigenvalue weighted by molar-refractivity contribution is 9.10. The largest absolute Gasteiger partial charge is 0.493 e. The lowest BCUT2D eigenvalue weighted by atomic mass is 10.2. The molecule has 0 saturated carbocycles. The topological polar surface area (TPSA) is 82.8 Å². The van der Waals surface area contributed by atoms with Crippen LogP contribution in [-0.4, -0.2) is 27.7 Å². The number of rotatable bonds is 5. The van der Waals surface area contributed by atoms with Crippen LogP contribution in [0.1, 0.15) is 23.9 Å². The average molecular weight is 533 g/mol. The zero-order valence-electron chi connectivity index (χ0n) is 16.8. The lowest BCUT2D eigenvalue weighted by Gasteiger charge is -2.10. The van der Waals surface area contributed by atoms with Gasteiger partial charge in [0.2, 0.25) is 4.96 Å². The van der Waals surface area contributed by atoms with E-state index in [0.29, 0.717) is 36.1 Å². The number of halogens is 2. The summed E-state index contributed by atoms with van der Waals surface area (Å²) in [5, 5.41) is 4.94. The number of carbonyl (C=O) groups is 1. The summed E-state index contributed by atoms with van der Waals surface area (Å²) in [6, 6.07) is 10.8. The van der Waals surface area contributed by atoms with Crippen molar-refractivity contribution in [3.8, 4) is 11.5 Å². The lowest BCUT2D eigenvalue weighted by Crippen LogP contribution is -2.23. The molecule has 4 rings (SSSR count). The molecule has 162 valence electrons. The van der Waals surface area contributed by atoms with Crippen LogP contribution in [-0.2, 0) is 4.79 Å². The van der Waals surface area contributed by atoms with Crippen molar-refractivity contribution in [1.29, 1.82) is 0 Å². The zero-order valence-corrected chi connectivity index (χ0v) is 20.0. The second-order valence-corrected chi connectivity index (χ2v) is 8.89. The van der Waals surface area contributed by atoms with Crippen LogP contribution in [0.2, 0.25) is 5.02 Å². The number of esters is 1. The minimum Gasteiger partial charge on any atom is -0.493 e. The van der Waals surface area contributed by atoms with Gasteiger partial charge in [0.1, 0.15) is 0 Å². The van der Waals surface area contributed by atoms with E-state index in [-0.39, 0.29) is 11.3 Å². The Balaban J connectivity index is 1.67. The fourth-order valence-electron chi connectivity index (χ4n) is 2.88. The van der Waals surface area contributed by atoms with E-state index >= 15 is 0 Å². The van der Waals surface area contributed by atoms with Gasteiger partial charge in [-0.05, 0) is 63.5 Å². The van der Waals surface area contributed by atoms with Gasteiger partial charge in [0.05, 0.1) is 16.1 Å². The molecular weight excluding hydrogens is 518 g/mol. The fraction of sp³-hybridized carbons (Fsp3) is 0.0909. The van der Waals surface area contributed by atoms with Crippen molar-refractivity contribution in [3.63, 3.8) is 0 Å². The van der Waals surface area contributed by atoms with Crippen LogP contribution in [0.5, 0.6) is 11.5 Å². The molecule has 0 aliphatic carbocycles. The predicted octanol–water partition coefficient (Wildman–Crippen LogP) is 4.22. The number of aromatic nitrogens is 3. The van der Waals surface area contributed by atoms with Crippen molar-refractivity contribution in [2.45, 2.75) is 6.92 Å². The van der Waals surface area contributed by atoms with Gasteiger partial charge in [-0.2, -0.15) is 9.50 Å². The minimum absolute atomic E-state index is 0.275. The Labute approximate surface area is 199 Å². The first kappa shape index (κ1) is 22.2. The molecule has 0 aliphatic heterocycles. The number of thiazole rings is 1. The summed E-state index contributed by atoms with van der Waals surface area (Å²) in [5.41, 5.74) is 1.36. The molecule has 0 unspecified atom stereocenters. The van der Waals surface area contributed by atoms with Gasteiger partial charge < -0.3 is 9.47 Å². The van der Waals surface area contributed by atoms with Gasteiger partial charge in [0.25, 0.3) is 5.56 Å². The molecule has 0 atom stereocenters. The number of methoxy groups -OCH3 is 1. The smallest absolute Gasteiger partial charge is 0.308 e. The molecule has 0 aliphatic rings. The summed E-state index contributed by atoms with van der Waals surface area (Å²) >= 11 is 10.5. The van der Waals surface area contributed by atoms with Crippen LogP contribution in [0, 0.1) is 0 Å². The van der Waals surface area contributed by atoms with Crippen molar-refractivity contribution in [2.75, 3.05) is 7.11 Å². The Kier molecular flexibility index (Phi) is 6.40. The summed E-state index contributed by atoms with van der Waals surface area (Å²) < 4.78 is 12.8. The number of fused-ring (bicyclic) bond motifs is 1. The minimum atomic E-state index is -0.464. The fourth-order valence-corrected chi connectivity index (χ4v) is 4.46.